The number of nitrogens with zero attached hydrogens (tertiary/aromatic N) is 4. The summed E-state index contributed by atoms with van der Waals surface area (Å²) >= 11 is 1.36. The van der Waals surface area contributed by atoms with Crippen molar-refractivity contribution in [3.63, 3.8) is 0 Å². The quantitative estimate of drug-likeness (QED) is 0.566. The molecule has 0 N–H and O–H groups in total. The Kier molecular flexibility index (Phi) is 3.80. The normalized spacial score (nSPS) is 11.8. The van der Waals surface area contributed by atoms with Crippen molar-refractivity contribution in [3.05, 3.63) is 68.2 Å². The van der Waals surface area contributed by atoms with Crippen LogP contribution in [0.4, 0.5) is 0 Å². The number of benzene rings is 1. The summed E-state index contributed by atoms with van der Waals surface area (Å²) in [5.74, 6) is 0.679. The van der Waals surface area contributed by atoms with Crippen LogP contribution in [-0.2, 0) is 13.1 Å². The summed E-state index contributed by atoms with van der Waals surface area (Å²) in [6.07, 6.45) is 0. The molecule has 4 aromatic rings. The van der Waals surface area contributed by atoms with Gasteiger partial charge in [-0.3, -0.25) is 9.36 Å². The van der Waals surface area contributed by atoms with Gasteiger partial charge in [0.1, 0.15) is 4.70 Å². The standard InChI is InChI=1S/C18H18N4O2S/c1-12(2)10-20-16(23)15-14(8-9-25-15)22-17(20)19-21(18(22)24)11-13-6-4-3-5-7-13/h3-9,12H,10-11H2,1-2H3. The zero-order chi connectivity index (χ0) is 17.6. The number of fused-ring (bicyclic) bond motifs is 3. The molecule has 0 amide bonds. The van der Waals surface area contributed by atoms with Crippen LogP contribution in [0, 0.1) is 5.92 Å². The molecule has 0 aliphatic heterocycles. The van der Waals surface area contributed by atoms with E-state index in [4.69, 9.17) is 0 Å². The van der Waals surface area contributed by atoms with Crippen LogP contribution in [0.25, 0.3) is 16.0 Å². The predicted molar refractivity (Wildman–Crippen MR) is 99.5 cm³/mol. The third-order valence-corrected chi connectivity index (χ3v) is 5.00. The second-order valence-electron chi connectivity index (χ2n) is 6.51. The van der Waals surface area contributed by atoms with Gasteiger partial charge in [-0.05, 0) is 22.9 Å². The summed E-state index contributed by atoms with van der Waals surface area (Å²) in [5, 5.41) is 6.33. The van der Waals surface area contributed by atoms with Crippen molar-refractivity contribution in [2.75, 3.05) is 0 Å². The van der Waals surface area contributed by atoms with E-state index >= 15 is 0 Å². The van der Waals surface area contributed by atoms with E-state index in [1.165, 1.54) is 16.0 Å². The molecule has 7 heteroatoms. The molecule has 3 heterocycles. The lowest BCUT2D eigenvalue weighted by Gasteiger charge is -2.09. The Morgan fingerprint density at radius 2 is 1.88 bits per heavy atom. The molecule has 6 nitrogen and oxygen atoms in total. The van der Waals surface area contributed by atoms with E-state index in [1.807, 2.05) is 55.6 Å². The van der Waals surface area contributed by atoms with E-state index in [1.54, 1.807) is 8.97 Å². The van der Waals surface area contributed by atoms with Crippen molar-refractivity contribution in [3.8, 4) is 0 Å². The zero-order valence-corrected chi connectivity index (χ0v) is 14.9. The molecule has 0 saturated carbocycles. The Bertz CT molecular complexity index is 1160. The Hall–Kier alpha value is -2.67. The molecule has 0 atom stereocenters. The summed E-state index contributed by atoms with van der Waals surface area (Å²) in [4.78, 5) is 25.8. The van der Waals surface area contributed by atoms with Gasteiger partial charge >= 0.3 is 5.69 Å². The molecule has 0 saturated heterocycles. The molecule has 4 rings (SSSR count). The minimum absolute atomic E-state index is 0.0805. The molecular formula is C18H18N4O2S. The fourth-order valence-corrected chi connectivity index (χ4v) is 3.85. The van der Waals surface area contributed by atoms with Crippen molar-refractivity contribution in [2.45, 2.75) is 26.9 Å². The van der Waals surface area contributed by atoms with Gasteiger partial charge < -0.3 is 0 Å². The lowest BCUT2D eigenvalue weighted by Crippen LogP contribution is -2.27. The van der Waals surface area contributed by atoms with Crippen molar-refractivity contribution >= 4 is 27.3 Å². The van der Waals surface area contributed by atoms with Gasteiger partial charge in [0.25, 0.3) is 5.56 Å². The average molecular weight is 354 g/mol. The number of hydrogen-bond donors (Lipinski definition) is 0. The smallest absolute Gasteiger partial charge is 0.275 e. The first-order chi connectivity index (χ1) is 12.1. The van der Waals surface area contributed by atoms with Crippen molar-refractivity contribution in [1.29, 1.82) is 0 Å². The van der Waals surface area contributed by atoms with Crippen molar-refractivity contribution in [2.24, 2.45) is 5.92 Å². The van der Waals surface area contributed by atoms with E-state index in [0.717, 1.165) is 5.56 Å². The molecule has 0 aliphatic carbocycles. The maximum absolute atomic E-state index is 12.9. The summed E-state index contributed by atoms with van der Waals surface area (Å²) < 4.78 is 5.19. The zero-order valence-electron chi connectivity index (χ0n) is 14.0. The Morgan fingerprint density at radius 3 is 2.60 bits per heavy atom. The molecule has 0 fully saturated rings. The molecule has 0 aliphatic rings. The van der Waals surface area contributed by atoms with Crippen LogP contribution in [0.5, 0.6) is 0 Å². The van der Waals surface area contributed by atoms with Crippen LogP contribution in [0.2, 0.25) is 0 Å². The van der Waals surface area contributed by atoms with E-state index in [-0.39, 0.29) is 17.2 Å². The summed E-state index contributed by atoms with van der Waals surface area (Å²) in [5.41, 5.74) is 1.32. The van der Waals surface area contributed by atoms with Crippen LogP contribution < -0.4 is 11.2 Å². The van der Waals surface area contributed by atoms with E-state index in [9.17, 15) is 9.59 Å². The maximum atomic E-state index is 12.9. The predicted octanol–water partition coefficient (Wildman–Crippen LogP) is 2.58. The fraction of sp³-hybridized carbons (Fsp3) is 0.278. The molecule has 0 bridgehead atoms. The van der Waals surface area contributed by atoms with Gasteiger partial charge in [0.15, 0.2) is 0 Å². The molecule has 0 radical (unpaired) electrons. The number of rotatable bonds is 4. The molecule has 128 valence electrons. The van der Waals surface area contributed by atoms with Crippen LogP contribution in [0.1, 0.15) is 19.4 Å². The fourth-order valence-electron chi connectivity index (χ4n) is 3.02. The van der Waals surface area contributed by atoms with Crippen LogP contribution in [-0.4, -0.2) is 18.7 Å². The lowest BCUT2D eigenvalue weighted by atomic mass is 10.2. The highest BCUT2D eigenvalue weighted by Crippen LogP contribution is 2.18. The SMILES string of the molecule is CC(C)Cn1c(=O)c2sccc2n2c(=O)n(Cc3ccccc3)nc12. The van der Waals surface area contributed by atoms with Gasteiger partial charge in [0, 0.05) is 6.54 Å². The minimum atomic E-state index is -0.222. The Labute approximate surface area is 147 Å². The second kappa shape index (κ2) is 6.00. The molecule has 0 spiro atoms. The van der Waals surface area contributed by atoms with Gasteiger partial charge in [0.2, 0.25) is 5.78 Å². The monoisotopic (exact) mass is 354 g/mol. The molecule has 3 aromatic heterocycles. The Balaban J connectivity index is 2.01. The largest absolute Gasteiger partial charge is 0.352 e. The van der Waals surface area contributed by atoms with Crippen molar-refractivity contribution in [1.82, 2.24) is 18.7 Å². The highest BCUT2D eigenvalue weighted by Gasteiger charge is 2.18. The van der Waals surface area contributed by atoms with E-state index in [2.05, 4.69) is 5.10 Å². The van der Waals surface area contributed by atoms with E-state index in [0.29, 0.717) is 29.1 Å². The molecular weight excluding hydrogens is 336 g/mol. The first-order valence-electron chi connectivity index (χ1n) is 8.19. The summed E-state index contributed by atoms with van der Waals surface area (Å²) in [6, 6.07) is 11.5. The highest BCUT2D eigenvalue weighted by atomic mass is 32.1. The van der Waals surface area contributed by atoms with Crippen LogP contribution >= 0.6 is 11.3 Å². The summed E-state index contributed by atoms with van der Waals surface area (Å²) in [7, 11) is 0. The third kappa shape index (κ3) is 2.60. The van der Waals surface area contributed by atoms with Gasteiger partial charge in [-0.2, -0.15) is 0 Å². The van der Waals surface area contributed by atoms with Crippen LogP contribution in [0.15, 0.2) is 51.4 Å². The third-order valence-electron chi connectivity index (χ3n) is 4.11. The number of thiophene rings is 1. The van der Waals surface area contributed by atoms with E-state index < -0.39 is 0 Å². The summed E-state index contributed by atoms with van der Waals surface area (Å²) in [6.45, 7) is 4.99. The number of aromatic nitrogens is 4. The second-order valence-corrected chi connectivity index (χ2v) is 7.42. The highest BCUT2D eigenvalue weighted by molar-refractivity contribution is 7.17. The van der Waals surface area contributed by atoms with Gasteiger partial charge in [-0.1, -0.05) is 44.2 Å². The van der Waals surface area contributed by atoms with Crippen molar-refractivity contribution < 1.29 is 0 Å². The molecule has 1 aromatic carbocycles. The number of hydrogen-bond acceptors (Lipinski definition) is 4. The van der Waals surface area contributed by atoms with Gasteiger partial charge in [0.05, 0.1) is 12.1 Å². The molecule has 0 unspecified atom stereocenters. The van der Waals surface area contributed by atoms with Crippen LogP contribution in [0.3, 0.4) is 0 Å². The first-order valence-corrected chi connectivity index (χ1v) is 9.07. The first kappa shape index (κ1) is 15.8. The minimum Gasteiger partial charge on any atom is -0.275 e. The van der Waals surface area contributed by atoms with Gasteiger partial charge in [-0.15, -0.1) is 16.4 Å². The molecule has 25 heavy (non-hydrogen) atoms. The average Bonchev–Trinajstić information content (AvgIpc) is 3.18. The Morgan fingerprint density at radius 1 is 1.12 bits per heavy atom. The maximum Gasteiger partial charge on any atom is 0.352 e. The lowest BCUT2D eigenvalue weighted by molar-refractivity contribution is 0.516. The van der Waals surface area contributed by atoms with Gasteiger partial charge in [-0.25, -0.2) is 13.9 Å². The topological polar surface area (TPSA) is 61.3 Å².